The Hall–Kier alpha value is -4.25. The molecule has 2 amide bonds. The van der Waals surface area contributed by atoms with Crippen LogP contribution in [0.1, 0.15) is 51.7 Å². The minimum atomic E-state index is -1.03. The number of fused-ring (bicyclic) bond motifs is 1. The number of carbonyl (C=O) groups is 3. The molecule has 2 N–H and O–H groups in total. The van der Waals surface area contributed by atoms with E-state index < -0.39 is 46.8 Å². The third-order valence-electron chi connectivity index (χ3n) is 6.79. The van der Waals surface area contributed by atoms with Crippen molar-refractivity contribution < 1.29 is 37.4 Å². The van der Waals surface area contributed by atoms with Crippen molar-refractivity contribution in [2.75, 3.05) is 5.32 Å². The number of alkyl carbamates (subject to hydrolysis) is 1. The molecule has 3 aromatic rings. The second-order valence-corrected chi connectivity index (χ2v) is 10.6. The molecule has 1 aliphatic heterocycles. The number of carbonyl (C=O) groups excluding carboxylic acids is 3. The Labute approximate surface area is 232 Å². The SMILES string of the molecule is C[C@H](NC(=O)OCc1ccccc1)C(=O)Nc1sc2c(c1C(=O)c1c(F)cccc1F)CCC1(CC2)OC=CO1. The van der Waals surface area contributed by atoms with Gasteiger partial charge in [0.1, 0.15) is 41.8 Å². The van der Waals surface area contributed by atoms with Crippen LogP contribution in [-0.2, 0) is 38.5 Å². The lowest BCUT2D eigenvalue weighted by atomic mass is 9.96. The number of hydrogen-bond donors (Lipinski definition) is 2. The minimum Gasteiger partial charge on any atom is -0.457 e. The standard InChI is InChI=1S/C29H26F2N2O6S/c1-17(32-28(36)37-16-18-6-3-2-4-7-18)26(35)33-27-23(25(34)24-20(30)8-5-9-21(24)31)19-10-12-29(38-14-15-39-29)13-11-22(19)40-27/h2-9,14-15,17H,10-13,16H2,1H3,(H,32,36)(H,33,35)/t17-/m0/s1. The number of amides is 2. The molecule has 0 saturated carbocycles. The van der Waals surface area contributed by atoms with Gasteiger partial charge < -0.3 is 24.8 Å². The predicted octanol–water partition coefficient (Wildman–Crippen LogP) is 5.60. The zero-order valence-corrected chi connectivity index (χ0v) is 22.3. The van der Waals surface area contributed by atoms with Crippen molar-refractivity contribution in [2.24, 2.45) is 0 Å². The summed E-state index contributed by atoms with van der Waals surface area (Å²) in [5.41, 5.74) is 0.665. The van der Waals surface area contributed by atoms with Crippen molar-refractivity contribution in [1.82, 2.24) is 5.32 Å². The molecule has 2 aliphatic rings. The number of aryl methyl sites for hydroxylation is 1. The highest BCUT2D eigenvalue weighted by Crippen LogP contribution is 2.43. The number of ketones is 1. The molecule has 0 fully saturated rings. The number of halogens is 2. The van der Waals surface area contributed by atoms with Gasteiger partial charge in [0.2, 0.25) is 17.5 Å². The quantitative estimate of drug-likeness (QED) is 0.360. The Balaban J connectivity index is 1.37. The number of rotatable bonds is 7. The summed E-state index contributed by atoms with van der Waals surface area (Å²) in [6.45, 7) is 1.48. The molecule has 1 aromatic heterocycles. The van der Waals surface area contributed by atoms with Gasteiger partial charge in [-0.05, 0) is 43.0 Å². The smallest absolute Gasteiger partial charge is 0.408 e. The van der Waals surface area contributed by atoms with Gasteiger partial charge in [-0.1, -0.05) is 36.4 Å². The highest BCUT2D eigenvalue weighted by Gasteiger charge is 2.40. The van der Waals surface area contributed by atoms with E-state index in [1.54, 1.807) is 12.1 Å². The molecule has 2 aromatic carbocycles. The third-order valence-corrected chi connectivity index (χ3v) is 8.00. The van der Waals surface area contributed by atoms with Crippen molar-refractivity contribution in [1.29, 1.82) is 0 Å². The zero-order valence-electron chi connectivity index (χ0n) is 21.5. The zero-order chi connectivity index (χ0) is 28.3. The van der Waals surface area contributed by atoms with Crippen LogP contribution in [0, 0.1) is 11.6 Å². The molecule has 2 heterocycles. The Morgan fingerprint density at radius 3 is 2.35 bits per heavy atom. The molecule has 40 heavy (non-hydrogen) atoms. The first kappa shape index (κ1) is 27.3. The molecule has 1 spiro atoms. The summed E-state index contributed by atoms with van der Waals surface area (Å²) >= 11 is 1.15. The van der Waals surface area contributed by atoms with E-state index >= 15 is 0 Å². The van der Waals surface area contributed by atoms with Crippen molar-refractivity contribution in [3.63, 3.8) is 0 Å². The first-order chi connectivity index (χ1) is 19.3. The lowest BCUT2D eigenvalue weighted by molar-refractivity contribution is -0.149. The molecular formula is C29H26F2N2O6S. The van der Waals surface area contributed by atoms with Crippen LogP contribution < -0.4 is 10.6 Å². The molecule has 11 heteroatoms. The van der Waals surface area contributed by atoms with Crippen molar-refractivity contribution in [2.45, 2.75) is 51.0 Å². The summed E-state index contributed by atoms with van der Waals surface area (Å²) in [6.07, 6.45) is 3.78. The number of benzene rings is 2. The molecule has 208 valence electrons. The van der Waals surface area contributed by atoms with Gasteiger partial charge in [-0.2, -0.15) is 0 Å². The van der Waals surface area contributed by atoms with Gasteiger partial charge in [-0.3, -0.25) is 9.59 Å². The maximum atomic E-state index is 14.7. The van der Waals surface area contributed by atoms with E-state index in [0.29, 0.717) is 31.2 Å². The number of thiophene rings is 1. The van der Waals surface area contributed by atoms with Crippen LogP contribution in [0.5, 0.6) is 0 Å². The van der Waals surface area contributed by atoms with E-state index in [1.807, 2.05) is 18.2 Å². The van der Waals surface area contributed by atoms with Crippen LogP contribution in [0.3, 0.4) is 0 Å². The van der Waals surface area contributed by atoms with Crippen LogP contribution in [0.2, 0.25) is 0 Å². The van der Waals surface area contributed by atoms with Crippen LogP contribution in [0.25, 0.3) is 0 Å². The fraction of sp³-hybridized carbons (Fsp3) is 0.276. The fourth-order valence-electron chi connectivity index (χ4n) is 4.69. The molecule has 0 radical (unpaired) electrons. The molecule has 0 bridgehead atoms. The van der Waals surface area contributed by atoms with Crippen LogP contribution in [-0.4, -0.2) is 29.6 Å². The molecule has 1 atom stereocenters. The summed E-state index contributed by atoms with van der Waals surface area (Å²) in [5, 5.41) is 5.30. The van der Waals surface area contributed by atoms with Gasteiger partial charge in [0, 0.05) is 17.7 Å². The average Bonchev–Trinajstić information content (AvgIpc) is 3.50. The van der Waals surface area contributed by atoms with Gasteiger partial charge in [-0.15, -0.1) is 11.3 Å². The molecule has 5 rings (SSSR count). The molecular weight excluding hydrogens is 542 g/mol. The predicted molar refractivity (Wildman–Crippen MR) is 143 cm³/mol. The van der Waals surface area contributed by atoms with Gasteiger partial charge in [-0.25, -0.2) is 13.6 Å². The number of anilines is 1. The summed E-state index contributed by atoms with van der Waals surface area (Å²) in [4.78, 5) is 39.7. The summed E-state index contributed by atoms with van der Waals surface area (Å²) in [6, 6.07) is 11.2. The summed E-state index contributed by atoms with van der Waals surface area (Å²) in [5.74, 6) is -4.39. The van der Waals surface area contributed by atoms with Crippen LogP contribution in [0.15, 0.2) is 61.1 Å². The topological polar surface area (TPSA) is 103 Å². The fourth-order valence-corrected chi connectivity index (χ4v) is 5.93. The largest absolute Gasteiger partial charge is 0.457 e. The molecule has 0 saturated heterocycles. The number of ether oxygens (including phenoxy) is 3. The Bertz CT molecular complexity index is 1440. The van der Waals surface area contributed by atoms with Crippen LogP contribution >= 0.6 is 11.3 Å². The van der Waals surface area contributed by atoms with Gasteiger partial charge in [0.15, 0.2) is 0 Å². The van der Waals surface area contributed by atoms with Gasteiger partial charge in [0.25, 0.3) is 0 Å². The first-order valence-corrected chi connectivity index (χ1v) is 13.5. The Morgan fingerprint density at radius 2 is 1.65 bits per heavy atom. The Morgan fingerprint density at radius 1 is 0.975 bits per heavy atom. The van der Waals surface area contributed by atoms with Crippen molar-refractivity contribution >= 4 is 34.1 Å². The van der Waals surface area contributed by atoms with E-state index in [4.69, 9.17) is 14.2 Å². The lowest BCUT2D eigenvalue weighted by Gasteiger charge is -2.26. The second kappa shape index (κ2) is 11.5. The maximum Gasteiger partial charge on any atom is 0.408 e. The number of hydrogen-bond acceptors (Lipinski definition) is 7. The van der Waals surface area contributed by atoms with Gasteiger partial charge in [0.05, 0.1) is 11.1 Å². The van der Waals surface area contributed by atoms with E-state index in [-0.39, 0.29) is 17.2 Å². The van der Waals surface area contributed by atoms with Crippen molar-refractivity contribution in [3.8, 4) is 0 Å². The maximum absolute atomic E-state index is 14.7. The first-order valence-electron chi connectivity index (χ1n) is 12.7. The molecule has 1 aliphatic carbocycles. The van der Waals surface area contributed by atoms with Crippen molar-refractivity contribution in [3.05, 3.63) is 99.8 Å². The lowest BCUT2D eigenvalue weighted by Crippen LogP contribution is -2.41. The van der Waals surface area contributed by atoms with E-state index in [0.717, 1.165) is 33.9 Å². The van der Waals surface area contributed by atoms with Crippen LogP contribution in [0.4, 0.5) is 18.6 Å². The van der Waals surface area contributed by atoms with E-state index in [9.17, 15) is 23.2 Å². The highest BCUT2D eigenvalue weighted by atomic mass is 32.1. The molecule has 8 nitrogen and oxygen atoms in total. The van der Waals surface area contributed by atoms with E-state index in [1.165, 1.54) is 25.5 Å². The highest BCUT2D eigenvalue weighted by molar-refractivity contribution is 7.17. The number of nitrogens with one attached hydrogen (secondary N) is 2. The summed E-state index contributed by atoms with van der Waals surface area (Å²) in [7, 11) is 0. The molecule has 0 unspecified atom stereocenters. The normalized spacial score (nSPS) is 15.8. The minimum absolute atomic E-state index is 0.0132. The van der Waals surface area contributed by atoms with E-state index in [2.05, 4.69) is 10.6 Å². The average molecular weight is 569 g/mol. The second-order valence-electron chi connectivity index (χ2n) is 9.47. The summed E-state index contributed by atoms with van der Waals surface area (Å²) < 4.78 is 45.8. The Kier molecular flexibility index (Phi) is 7.83. The van der Waals surface area contributed by atoms with Gasteiger partial charge >= 0.3 is 6.09 Å². The monoisotopic (exact) mass is 568 g/mol. The third kappa shape index (κ3) is 5.69.